The zero-order valence-corrected chi connectivity index (χ0v) is 13.8. The Morgan fingerprint density at radius 1 is 1.30 bits per heavy atom. The van der Waals surface area contributed by atoms with Gasteiger partial charge in [-0.05, 0) is 24.5 Å². The molecule has 124 valence electrons. The van der Waals surface area contributed by atoms with E-state index in [0.29, 0.717) is 13.0 Å². The predicted molar refractivity (Wildman–Crippen MR) is 86.6 cm³/mol. The smallest absolute Gasteiger partial charge is 0.325 e. The van der Waals surface area contributed by atoms with Crippen molar-refractivity contribution in [3.8, 4) is 0 Å². The minimum atomic E-state index is -0.498. The number of hydrogen-bond acceptors (Lipinski definition) is 3. The van der Waals surface area contributed by atoms with Crippen LogP contribution in [0.4, 0.5) is 4.79 Å². The van der Waals surface area contributed by atoms with Gasteiger partial charge in [-0.1, -0.05) is 37.6 Å². The fourth-order valence-electron chi connectivity index (χ4n) is 2.60. The Kier molecular flexibility index (Phi) is 5.36. The van der Waals surface area contributed by atoms with Crippen LogP contribution in [0.2, 0.25) is 0 Å². The highest BCUT2D eigenvalue weighted by Crippen LogP contribution is 2.13. The molecule has 23 heavy (non-hydrogen) atoms. The van der Waals surface area contributed by atoms with Gasteiger partial charge in [0, 0.05) is 13.6 Å². The number of imide groups is 1. The van der Waals surface area contributed by atoms with E-state index in [1.54, 1.807) is 7.05 Å². The molecule has 0 radical (unpaired) electrons. The second-order valence-electron chi connectivity index (χ2n) is 5.89. The summed E-state index contributed by atoms with van der Waals surface area (Å²) in [6, 6.07) is 6.84. The highest BCUT2D eigenvalue weighted by Gasteiger charge is 2.38. The van der Waals surface area contributed by atoms with E-state index in [-0.39, 0.29) is 18.4 Å². The van der Waals surface area contributed by atoms with Crippen LogP contribution in [0.1, 0.15) is 30.9 Å². The largest absolute Gasteiger partial charge is 0.340 e. The summed E-state index contributed by atoms with van der Waals surface area (Å²) in [5, 5.41) is 2.62. The summed E-state index contributed by atoms with van der Waals surface area (Å²) in [7, 11) is 1.68. The lowest BCUT2D eigenvalue weighted by Gasteiger charge is -2.21. The van der Waals surface area contributed by atoms with Crippen LogP contribution in [-0.4, -0.2) is 47.3 Å². The molecular formula is C17H23N3O3. The van der Waals surface area contributed by atoms with Crippen molar-refractivity contribution in [2.75, 3.05) is 13.6 Å². The molecule has 1 aliphatic heterocycles. The number of amides is 4. The number of rotatable bonds is 6. The van der Waals surface area contributed by atoms with E-state index >= 15 is 0 Å². The summed E-state index contributed by atoms with van der Waals surface area (Å²) in [6.07, 6.45) is 1.39. The first-order chi connectivity index (χ1) is 10.9. The number of nitrogens with zero attached hydrogens (tertiary/aromatic N) is 2. The third-order valence-corrected chi connectivity index (χ3v) is 4.07. The molecule has 0 saturated carbocycles. The third kappa shape index (κ3) is 3.88. The van der Waals surface area contributed by atoms with Gasteiger partial charge in [0.2, 0.25) is 5.91 Å². The molecule has 4 amide bonds. The fraction of sp³-hybridized carbons (Fsp3) is 0.471. The van der Waals surface area contributed by atoms with Crippen molar-refractivity contribution < 1.29 is 14.4 Å². The van der Waals surface area contributed by atoms with Gasteiger partial charge in [0.25, 0.3) is 5.91 Å². The summed E-state index contributed by atoms with van der Waals surface area (Å²) in [5.74, 6) is -0.566. The maximum absolute atomic E-state index is 12.3. The van der Waals surface area contributed by atoms with Gasteiger partial charge < -0.3 is 10.2 Å². The maximum Gasteiger partial charge on any atom is 0.325 e. The molecule has 1 aromatic carbocycles. The Labute approximate surface area is 136 Å². The van der Waals surface area contributed by atoms with E-state index in [4.69, 9.17) is 0 Å². The van der Waals surface area contributed by atoms with Crippen molar-refractivity contribution in [2.45, 2.75) is 39.3 Å². The van der Waals surface area contributed by atoms with Crippen molar-refractivity contribution in [3.05, 3.63) is 35.4 Å². The number of likely N-dealkylation sites (N-methyl/N-ethyl adjacent to an activating group) is 1. The lowest BCUT2D eigenvalue weighted by molar-refractivity contribution is -0.136. The molecule has 2 rings (SSSR count). The molecule has 1 N–H and O–H groups in total. The molecule has 0 aliphatic carbocycles. The van der Waals surface area contributed by atoms with Crippen LogP contribution in [0, 0.1) is 6.92 Å². The van der Waals surface area contributed by atoms with Crippen molar-refractivity contribution in [2.24, 2.45) is 0 Å². The Morgan fingerprint density at radius 3 is 2.65 bits per heavy atom. The molecule has 1 fully saturated rings. The first-order valence-electron chi connectivity index (χ1n) is 7.84. The van der Waals surface area contributed by atoms with Crippen molar-refractivity contribution in [1.82, 2.24) is 15.1 Å². The fourth-order valence-corrected chi connectivity index (χ4v) is 2.60. The molecule has 1 unspecified atom stereocenters. The lowest BCUT2D eigenvalue weighted by atomic mass is 10.1. The van der Waals surface area contributed by atoms with E-state index in [1.807, 2.05) is 38.1 Å². The second-order valence-corrected chi connectivity index (χ2v) is 5.89. The summed E-state index contributed by atoms with van der Waals surface area (Å²) < 4.78 is 0. The Balaban J connectivity index is 1.97. The van der Waals surface area contributed by atoms with Crippen molar-refractivity contribution in [1.29, 1.82) is 0 Å². The zero-order chi connectivity index (χ0) is 17.0. The zero-order valence-electron chi connectivity index (χ0n) is 13.8. The average Bonchev–Trinajstić information content (AvgIpc) is 2.77. The lowest BCUT2D eigenvalue weighted by Crippen LogP contribution is -2.41. The van der Waals surface area contributed by atoms with Crippen LogP contribution < -0.4 is 5.32 Å². The van der Waals surface area contributed by atoms with Crippen LogP contribution >= 0.6 is 0 Å². The minimum absolute atomic E-state index is 0.215. The van der Waals surface area contributed by atoms with Gasteiger partial charge in [-0.25, -0.2) is 4.79 Å². The van der Waals surface area contributed by atoms with E-state index in [2.05, 4.69) is 5.32 Å². The summed E-state index contributed by atoms with van der Waals surface area (Å²) in [4.78, 5) is 38.9. The van der Waals surface area contributed by atoms with Crippen LogP contribution in [-0.2, 0) is 16.1 Å². The van der Waals surface area contributed by atoms with E-state index in [0.717, 1.165) is 22.4 Å². The topological polar surface area (TPSA) is 69.7 Å². The number of benzene rings is 1. The minimum Gasteiger partial charge on any atom is -0.340 e. The normalized spacial score (nSPS) is 17.3. The molecule has 1 atom stereocenters. The van der Waals surface area contributed by atoms with Gasteiger partial charge in [-0.15, -0.1) is 0 Å². The van der Waals surface area contributed by atoms with Gasteiger partial charge in [-0.2, -0.15) is 0 Å². The van der Waals surface area contributed by atoms with Crippen LogP contribution in [0.3, 0.4) is 0 Å². The Bertz CT molecular complexity index is 615. The molecule has 1 saturated heterocycles. The Morgan fingerprint density at radius 2 is 2.00 bits per heavy atom. The monoisotopic (exact) mass is 317 g/mol. The van der Waals surface area contributed by atoms with Gasteiger partial charge >= 0.3 is 6.03 Å². The van der Waals surface area contributed by atoms with Gasteiger partial charge in [0.1, 0.15) is 12.6 Å². The number of aryl methyl sites for hydroxylation is 1. The molecule has 0 bridgehead atoms. The second kappa shape index (κ2) is 7.26. The number of hydrogen-bond donors (Lipinski definition) is 1. The number of carbonyl (C=O) groups is 3. The van der Waals surface area contributed by atoms with Crippen LogP contribution in [0.15, 0.2) is 24.3 Å². The van der Waals surface area contributed by atoms with Crippen molar-refractivity contribution in [3.63, 3.8) is 0 Å². The molecular weight excluding hydrogens is 294 g/mol. The molecule has 1 heterocycles. The molecule has 1 aromatic rings. The van der Waals surface area contributed by atoms with Gasteiger partial charge in [0.15, 0.2) is 0 Å². The average molecular weight is 317 g/mol. The van der Waals surface area contributed by atoms with Gasteiger partial charge in [-0.3, -0.25) is 14.5 Å². The number of carbonyl (C=O) groups excluding carboxylic acids is 3. The highest BCUT2D eigenvalue weighted by molar-refractivity contribution is 6.06. The number of nitrogens with one attached hydrogen (secondary N) is 1. The summed E-state index contributed by atoms with van der Waals surface area (Å²) >= 11 is 0. The predicted octanol–water partition coefficient (Wildman–Crippen LogP) is 1.67. The molecule has 6 heteroatoms. The van der Waals surface area contributed by atoms with E-state index in [9.17, 15) is 14.4 Å². The van der Waals surface area contributed by atoms with Crippen molar-refractivity contribution >= 4 is 17.8 Å². The highest BCUT2D eigenvalue weighted by atomic mass is 16.2. The standard InChI is InChI=1S/C17H23N3O3/c1-4-7-14-16(22)20(17(23)18-14)11-15(21)19(3)10-13-9-6-5-8-12(13)2/h5-6,8-9,14H,4,7,10-11H2,1-3H3,(H,18,23). The summed E-state index contributed by atoms with van der Waals surface area (Å²) in [5.41, 5.74) is 2.15. The SMILES string of the molecule is CCCC1NC(=O)N(CC(=O)N(C)Cc2ccccc2C)C1=O. The van der Waals surface area contributed by atoms with Crippen LogP contribution in [0.5, 0.6) is 0 Å². The first-order valence-corrected chi connectivity index (χ1v) is 7.84. The molecule has 6 nitrogen and oxygen atoms in total. The summed E-state index contributed by atoms with van der Waals surface area (Å²) in [6.45, 7) is 4.17. The molecule has 0 spiro atoms. The van der Waals surface area contributed by atoms with E-state index < -0.39 is 12.1 Å². The van der Waals surface area contributed by atoms with Crippen LogP contribution in [0.25, 0.3) is 0 Å². The first kappa shape index (κ1) is 17.0. The quantitative estimate of drug-likeness (QED) is 0.812. The maximum atomic E-state index is 12.3. The Hall–Kier alpha value is -2.37. The molecule has 1 aliphatic rings. The van der Waals surface area contributed by atoms with E-state index in [1.165, 1.54) is 4.90 Å². The molecule has 0 aromatic heterocycles. The van der Waals surface area contributed by atoms with Gasteiger partial charge in [0.05, 0.1) is 0 Å². The number of urea groups is 1. The third-order valence-electron chi connectivity index (χ3n) is 4.07.